The van der Waals surface area contributed by atoms with Crippen LogP contribution in [0.2, 0.25) is 5.02 Å². The molecule has 0 spiro atoms. The van der Waals surface area contributed by atoms with E-state index in [2.05, 4.69) is 32.5 Å². The van der Waals surface area contributed by atoms with Crippen molar-refractivity contribution >= 4 is 23.4 Å². The number of anilines is 1. The van der Waals surface area contributed by atoms with Gasteiger partial charge >= 0.3 is 6.03 Å². The molecule has 2 N–H and O–H groups in total. The Hall–Kier alpha value is -1.57. The average molecular weight is 354 g/mol. The second-order valence-electron chi connectivity index (χ2n) is 6.35. The number of aromatic nitrogens is 1. The van der Waals surface area contributed by atoms with Crippen LogP contribution in [0.3, 0.4) is 0 Å². The number of likely N-dealkylation sites (N-methyl/N-ethyl adjacent to an activating group) is 1. The Morgan fingerprint density at radius 1 is 1.46 bits per heavy atom. The van der Waals surface area contributed by atoms with E-state index in [1.807, 2.05) is 12.1 Å². The summed E-state index contributed by atoms with van der Waals surface area (Å²) in [5.41, 5.74) is 0. The van der Waals surface area contributed by atoms with E-state index in [-0.39, 0.29) is 18.2 Å². The number of carbonyl (C=O) groups excluding carboxylic acids is 1. The molecular formula is C16H24ClN5O2. The van der Waals surface area contributed by atoms with Crippen LogP contribution in [0.1, 0.15) is 6.42 Å². The molecule has 2 atom stereocenters. The number of pyridine rings is 1. The van der Waals surface area contributed by atoms with Crippen LogP contribution in [-0.4, -0.2) is 74.4 Å². The highest BCUT2D eigenvalue weighted by Crippen LogP contribution is 2.25. The molecular weight excluding hydrogens is 330 g/mol. The van der Waals surface area contributed by atoms with E-state index in [0.717, 1.165) is 31.9 Å². The summed E-state index contributed by atoms with van der Waals surface area (Å²) in [7, 11) is 2.06. The summed E-state index contributed by atoms with van der Waals surface area (Å²) in [6.45, 7) is 4.57. The zero-order valence-electron chi connectivity index (χ0n) is 13.9. The van der Waals surface area contributed by atoms with E-state index in [1.165, 1.54) is 0 Å². The highest BCUT2D eigenvalue weighted by Gasteiger charge is 2.26. The molecule has 1 aromatic rings. The lowest BCUT2D eigenvalue weighted by Crippen LogP contribution is -2.49. The highest BCUT2D eigenvalue weighted by molar-refractivity contribution is 6.32. The zero-order chi connectivity index (χ0) is 16.9. The summed E-state index contributed by atoms with van der Waals surface area (Å²) in [5, 5.41) is 6.56. The summed E-state index contributed by atoms with van der Waals surface area (Å²) in [5.74, 6) is 0.780. The maximum absolute atomic E-state index is 12.1. The summed E-state index contributed by atoms with van der Waals surface area (Å²) in [6, 6.07) is 3.60. The monoisotopic (exact) mass is 353 g/mol. The molecule has 3 heterocycles. The number of amides is 2. The van der Waals surface area contributed by atoms with E-state index in [9.17, 15) is 4.79 Å². The minimum absolute atomic E-state index is 0.0573. The molecule has 0 aromatic carbocycles. The standard InChI is InChI=1S/C16H24ClN5O2/c1-21-7-8-24-13(11-21)9-19-16(23)20-12-4-6-22(10-12)15-14(17)3-2-5-18-15/h2-3,5,12-13H,4,6-11H2,1H3,(H2,19,20,23). The highest BCUT2D eigenvalue weighted by atomic mass is 35.5. The minimum atomic E-state index is -0.147. The molecule has 2 amide bonds. The topological polar surface area (TPSA) is 69.7 Å². The number of urea groups is 1. The molecule has 2 fully saturated rings. The lowest BCUT2D eigenvalue weighted by Gasteiger charge is -2.30. The first kappa shape index (κ1) is 17.3. The van der Waals surface area contributed by atoms with Gasteiger partial charge in [0, 0.05) is 45.0 Å². The molecule has 2 unspecified atom stereocenters. The smallest absolute Gasteiger partial charge is 0.315 e. The molecule has 24 heavy (non-hydrogen) atoms. The fourth-order valence-corrected chi connectivity index (χ4v) is 3.35. The van der Waals surface area contributed by atoms with Crippen LogP contribution in [0, 0.1) is 0 Å². The number of rotatable bonds is 4. The number of hydrogen-bond acceptors (Lipinski definition) is 5. The molecule has 2 aliphatic rings. The third-order valence-corrected chi connectivity index (χ3v) is 4.69. The average Bonchev–Trinajstić information content (AvgIpc) is 3.02. The predicted octanol–water partition coefficient (Wildman–Crippen LogP) is 0.944. The van der Waals surface area contributed by atoms with Gasteiger partial charge in [-0.3, -0.25) is 0 Å². The second-order valence-corrected chi connectivity index (χ2v) is 6.76. The third kappa shape index (κ3) is 4.49. The van der Waals surface area contributed by atoms with Crippen molar-refractivity contribution in [1.82, 2.24) is 20.5 Å². The molecule has 2 aliphatic heterocycles. The summed E-state index contributed by atoms with van der Waals surface area (Å²) < 4.78 is 5.64. The lowest BCUT2D eigenvalue weighted by molar-refractivity contribution is -0.0168. The number of nitrogens with one attached hydrogen (secondary N) is 2. The normalized spacial score (nSPS) is 24.8. The number of hydrogen-bond donors (Lipinski definition) is 2. The Bertz CT molecular complexity index is 573. The van der Waals surface area contributed by atoms with E-state index < -0.39 is 0 Å². The third-order valence-electron chi connectivity index (χ3n) is 4.39. The van der Waals surface area contributed by atoms with Gasteiger partial charge in [-0.25, -0.2) is 9.78 Å². The summed E-state index contributed by atoms with van der Waals surface area (Å²) >= 11 is 6.18. The van der Waals surface area contributed by atoms with Crippen molar-refractivity contribution in [1.29, 1.82) is 0 Å². The van der Waals surface area contributed by atoms with Gasteiger partial charge in [0.05, 0.1) is 17.7 Å². The zero-order valence-corrected chi connectivity index (χ0v) is 14.6. The molecule has 2 saturated heterocycles. The van der Waals surface area contributed by atoms with Gasteiger partial charge in [0.2, 0.25) is 0 Å². The number of nitrogens with zero attached hydrogens (tertiary/aromatic N) is 3. The first-order valence-corrected chi connectivity index (χ1v) is 8.69. The summed E-state index contributed by atoms with van der Waals surface area (Å²) in [4.78, 5) is 20.7. The van der Waals surface area contributed by atoms with Gasteiger partial charge in [0.15, 0.2) is 0 Å². The minimum Gasteiger partial charge on any atom is -0.374 e. The van der Waals surface area contributed by atoms with Crippen LogP contribution in [0.25, 0.3) is 0 Å². The van der Waals surface area contributed by atoms with Gasteiger partial charge in [-0.2, -0.15) is 0 Å². The molecule has 0 saturated carbocycles. The van der Waals surface area contributed by atoms with E-state index in [0.29, 0.717) is 24.7 Å². The largest absolute Gasteiger partial charge is 0.374 e. The van der Waals surface area contributed by atoms with Gasteiger partial charge in [-0.15, -0.1) is 0 Å². The number of ether oxygens (including phenoxy) is 1. The van der Waals surface area contributed by atoms with Gasteiger partial charge in [0.1, 0.15) is 5.82 Å². The lowest BCUT2D eigenvalue weighted by atomic mass is 10.2. The Morgan fingerprint density at radius 2 is 2.33 bits per heavy atom. The molecule has 0 radical (unpaired) electrons. The predicted molar refractivity (Wildman–Crippen MR) is 93.6 cm³/mol. The van der Waals surface area contributed by atoms with Crippen molar-refractivity contribution in [2.45, 2.75) is 18.6 Å². The van der Waals surface area contributed by atoms with Crippen molar-refractivity contribution in [3.63, 3.8) is 0 Å². The summed E-state index contributed by atoms with van der Waals surface area (Å²) in [6.07, 6.45) is 2.67. The molecule has 3 rings (SSSR count). The van der Waals surface area contributed by atoms with Crippen LogP contribution in [0.4, 0.5) is 10.6 Å². The van der Waals surface area contributed by atoms with Crippen LogP contribution in [0.5, 0.6) is 0 Å². The van der Waals surface area contributed by atoms with Gasteiger partial charge in [-0.05, 0) is 25.6 Å². The number of carbonyl (C=O) groups is 1. The Morgan fingerprint density at radius 3 is 3.12 bits per heavy atom. The fourth-order valence-electron chi connectivity index (χ4n) is 3.11. The van der Waals surface area contributed by atoms with E-state index in [1.54, 1.807) is 6.20 Å². The quantitative estimate of drug-likeness (QED) is 0.843. The Balaban J connectivity index is 1.42. The van der Waals surface area contributed by atoms with Crippen molar-refractivity contribution in [2.24, 2.45) is 0 Å². The fraction of sp³-hybridized carbons (Fsp3) is 0.625. The number of halogens is 1. The first-order valence-electron chi connectivity index (χ1n) is 8.32. The number of morpholine rings is 1. The van der Waals surface area contributed by atoms with Crippen LogP contribution in [-0.2, 0) is 4.74 Å². The molecule has 1 aromatic heterocycles. The SMILES string of the molecule is CN1CCOC(CNC(=O)NC2CCN(c3ncccc3Cl)C2)C1. The Labute approximate surface area is 147 Å². The first-order chi connectivity index (χ1) is 11.6. The van der Waals surface area contributed by atoms with E-state index >= 15 is 0 Å². The van der Waals surface area contributed by atoms with Gasteiger partial charge < -0.3 is 25.2 Å². The molecule has 7 nitrogen and oxygen atoms in total. The van der Waals surface area contributed by atoms with Crippen molar-refractivity contribution in [2.75, 3.05) is 51.3 Å². The maximum Gasteiger partial charge on any atom is 0.315 e. The van der Waals surface area contributed by atoms with Crippen LogP contribution >= 0.6 is 11.6 Å². The molecule has 8 heteroatoms. The molecule has 0 aliphatic carbocycles. The van der Waals surface area contributed by atoms with E-state index in [4.69, 9.17) is 16.3 Å². The molecule has 132 valence electrons. The van der Waals surface area contributed by atoms with Crippen LogP contribution in [0.15, 0.2) is 18.3 Å². The van der Waals surface area contributed by atoms with Crippen molar-refractivity contribution in [3.8, 4) is 0 Å². The van der Waals surface area contributed by atoms with Gasteiger partial charge in [0.25, 0.3) is 0 Å². The van der Waals surface area contributed by atoms with Gasteiger partial charge in [-0.1, -0.05) is 11.6 Å². The molecule has 0 bridgehead atoms. The maximum atomic E-state index is 12.1. The second kappa shape index (κ2) is 8.00. The van der Waals surface area contributed by atoms with Crippen molar-refractivity contribution in [3.05, 3.63) is 23.4 Å². The van der Waals surface area contributed by atoms with Crippen molar-refractivity contribution < 1.29 is 9.53 Å². The Kier molecular flexibility index (Phi) is 5.76. The van der Waals surface area contributed by atoms with Crippen LogP contribution < -0.4 is 15.5 Å².